The molecule has 4 rings (SSSR count). The van der Waals surface area contributed by atoms with Crippen molar-refractivity contribution < 1.29 is 27.4 Å². The van der Waals surface area contributed by atoms with Gasteiger partial charge in [-0.15, -0.1) is 0 Å². The van der Waals surface area contributed by atoms with Crippen LogP contribution in [0, 0.1) is 5.92 Å². The average Bonchev–Trinajstić information content (AvgIpc) is 3.17. The number of halogens is 3. The summed E-state index contributed by atoms with van der Waals surface area (Å²) >= 11 is 0. The minimum atomic E-state index is -4.45. The Kier molecular flexibility index (Phi) is 6.57. The summed E-state index contributed by atoms with van der Waals surface area (Å²) in [5.74, 6) is -0.507. The average molecular weight is 442 g/mol. The molecule has 0 aromatic carbocycles. The minimum Gasteiger partial charge on any atom is -0.462 e. The van der Waals surface area contributed by atoms with Gasteiger partial charge in [-0.25, -0.2) is 9.48 Å². The summed E-state index contributed by atoms with van der Waals surface area (Å²) in [5.41, 5.74) is 1.29. The van der Waals surface area contributed by atoms with Gasteiger partial charge in [0.25, 0.3) is 0 Å². The second kappa shape index (κ2) is 9.20. The largest absolute Gasteiger partial charge is 0.462 e. The van der Waals surface area contributed by atoms with Gasteiger partial charge in [0.2, 0.25) is 0 Å². The van der Waals surface area contributed by atoms with Crippen LogP contribution in [0.25, 0.3) is 0 Å². The van der Waals surface area contributed by atoms with Crippen molar-refractivity contribution in [2.24, 2.45) is 5.92 Å². The van der Waals surface area contributed by atoms with E-state index in [-0.39, 0.29) is 30.3 Å². The van der Waals surface area contributed by atoms with Gasteiger partial charge >= 0.3 is 12.1 Å². The van der Waals surface area contributed by atoms with Crippen LogP contribution in [0.1, 0.15) is 49.0 Å². The number of carbonyl (C=O) groups excluding carboxylic acids is 1. The first-order chi connectivity index (χ1) is 14.9. The normalized spacial score (nSPS) is 27.2. The van der Waals surface area contributed by atoms with E-state index in [4.69, 9.17) is 9.47 Å². The predicted molar refractivity (Wildman–Crippen MR) is 108 cm³/mol. The maximum Gasteiger partial charge on any atom is 0.410 e. The van der Waals surface area contributed by atoms with Crippen LogP contribution < -0.4 is 5.32 Å². The smallest absolute Gasteiger partial charge is 0.410 e. The predicted octanol–water partition coefficient (Wildman–Crippen LogP) is 3.41. The molecule has 1 saturated heterocycles. The van der Waals surface area contributed by atoms with Gasteiger partial charge in [0.1, 0.15) is 11.4 Å². The van der Waals surface area contributed by atoms with Crippen molar-refractivity contribution in [2.45, 2.75) is 50.9 Å². The maximum absolute atomic E-state index is 13.9. The number of alkyl halides is 3. The Labute approximate surface area is 179 Å². The zero-order valence-corrected chi connectivity index (χ0v) is 17.7. The Morgan fingerprint density at radius 1 is 1.42 bits per heavy atom. The lowest BCUT2D eigenvalue weighted by atomic mass is 9.85. The van der Waals surface area contributed by atoms with Crippen molar-refractivity contribution >= 4 is 11.8 Å². The molecule has 1 N–H and O–H groups in total. The van der Waals surface area contributed by atoms with Gasteiger partial charge in [-0.3, -0.25) is 4.90 Å². The van der Waals surface area contributed by atoms with Crippen molar-refractivity contribution in [3.8, 4) is 0 Å². The molecule has 3 atom stereocenters. The zero-order valence-electron chi connectivity index (χ0n) is 17.7. The third-order valence-electron chi connectivity index (χ3n) is 6.28. The molecule has 4 heterocycles. The number of anilines is 1. The highest BCUT2D eigenvalue weighted by molar-refractivity contribution is 5.94. The molecule has 0 bridgehead atoms. The van der Waals surface area contributed by atoms with Crippen molar-refractivity contribution in [3.63, 3.8) is 0 Å². The van der Waals surface area contributed by atoms with Crippen LogP contribution in [0.2, 0.25) is 0 Å². The lowest BCUT2D eigenvalue weighted by Crippen LogP contribution is -2.48. The molecular weight excluding hydrogens is 413 g/mol. The first-order valence-corrected chi connectivity index (χ1v) is 10.9. The van der Waals surface area contributed by atoms with E-state index in [1.165, 1.54) is 11.8 Å². The van der Waals surface area contributed by atoms with Crippen LogP contribution in [0.4, 0.5) is 19.0 Å². The molecule has 0 radical (unpaired) electrons. The number of hydrogen-bond donors (Lipinski definition) is 1. The van der Waals surface area contributed by atoms with Crippen molar-refractivity contribution in [2.75, 3.05) is 44.8 Å². The number of rotatable bonds is 5. The Morgan fingerprint density at radius 2 is 2.26 bits per heavy atom. The van der Waals surface area contributed by atoms with Gasteiger partial charge in [-0.1, -0.05) is 6.08 Å². The molecule has 0 saturated carbocycles. The standard InChI is InChI=1S/C21H29F3N4O3/c1-2-31-20(29)16-10-25-28-18(21(22,23)24)9-17(26-19(16)28)15-6-3-7-27(12-15)11-14-5-4-8-30-13-14/h5,10,15,17-18,26H,2-4,6-9,11-13H2,1H3/t15-,17+,18-/m0/s1. The van der Waals surface area contributed by atoms with Gasteiger partial charge in [0.15, 0.2) is 6.04 Å². The fraction of sp³-hybridized carbons (Fsp3) is 0.714. The number of piperidine rings is 1. The first-order valence-electron chi connectivity index (χ1n) is 10.9. The van der Waals surface area contributed by atoms with Crippen molar-refractivity contribution in [3.05, 3.63) is 23.4 Å². The third kappa shape index (κ3) is 4.90. The topological polar surface area (TPSA) is 68.6 Å². The fourth-order valence-electron chi connectivity index (χ4n) is 4.83. The zero-order chi connectivity index (χ0) is 22.0. The maximum atomic E-state index is 13.9. The molecule has 0 spiro atoms. The number of hydrogen-bond acceptors (Lipinski definition) is 6. The Balaban J connectivity index is 1.53. The molecule has 0 aliphatic carbocycles. The Bertz CT molecular complexity index is 823. The second-order valence-corrected chi connectivity index (χ2v) is 8.46. The summed E-state index contributed by atoms with van der Waals surface area (Å²) in [6.45, 7) is 5.60. The number of carbonyl (C=O) groups is 1. The van der Waals surface area contributed by atoms with E-state index in [1.807, 2.05) is 0 Å². The number of fused-ring (bicyclic) bond motifs is 1. The summed E-state index contributed by atoms with van der Waals surface area (Å²) < 4.78 is 53.0. The molecule has 10 heteroatoms. The quantitative estimate of drug-likeness (QED) is 0.557. The molecule has 7 nitrogen and oxygen atoms in total. The van der Waals surface area contributed by atoms with Gasteiger partial charge in [0.05, 0.1) is 26.0 Å². The molecule has 1 aromatic rings. The van der Waals surface area contributed by atoms with E-state index < -0.39 is 24.2 Å². The monoisotopic (exact) mass is 442 g/mol. The summed E-state index contributed by atoms with van der Waals surface area (Å²) in [7, 11) is 0. The Hall–Kier alpha value is -2.07. The van der Waals surface area contributed by atoms with Gasteiger partial charge in [-0.05, 0) is 50.6 Å². The third-order valence-corrected chi connectivity index (χ3v) is 6.28. The van der Waals surface area contributed by atoms with E-state index in [0.717, 1.165) is 43.6 Å². The fourth-order valence-corrected chi connectivity index (χ4v) is 4.83. The van der Waals surface area contributed by atoms with Crippen LogP contribution in [-0.4, -0.2) is 72.3 Å². The van der Waals surface area contributed by atoms with E-state index in [2.05, 4.69) is 21.4 Å². The van der Waals surface area contributed by atoms with Gasteiger partial charge in [0, 0.05) is 19.1 Å². The van der Waals surface area contributed by atoms with Gasteiger partial charge < -0.3 is 14.8 Å². The van der Waals surface area contributed by atoms with Crippen molar-refractivity contribution in [1.82, 2.24) is 14.7 Å². The summed E-state index contributed by atoms with van der Waals surface area (Å²) in [6, 6.07) is -2.16. The number of nitrogens with one attached hydrogen (secondary N) is 1. The minimum absolute atomic E-state index is 0.0439. The summed E-state index contributed by atoms with van der Waals surface area (Å²) in [5, 5.41) is 7.10. The molecule has 3 aliphatic heterocycles. The van der Waals surface area contributed by atoms with E-state index >= 15 is 0 Å². The molecule has 3 aliphatic rings. The van der Waals surface area contributed by atoms with Crippen LogP contribution >= 0.6 is 0 Å². The lowest BCUT2D eigenvalue weighted by molar-refractivity contribution is -0.174. The molecule has 0 unspecified atom stereocenters. The van der Waals surface area contributed by atoms with Crippen LogP contribution in [-0.2, 0) is 9.47 Å². The number of ether oxygens (including phenoxy) is 2. The molecule has 0 amide bonds. The first kappa shape index (κ1) is 22.1. The van der Waals surface area contributed by atoms with E-state index in [0.29, 0.717) is 13.2 Å². The lowest BCUT2D eigenvalue weighted by Gasteiger charge is -2.42. The number of nitrogens with zero attached hydrogens (tertiary/aromatic N) is 3. The molecule has 31 heavy (non-hydrogen) atoms. The molecular formula is C21H29F3N4O3. The summed E-state index contributed by atoms with van der Waals surface area (Å²) in [6.07, 6.45) is 1.50. The highest BCUT2D eigenvalue weighted by Crippen LogP contribution is 2.42. The molecule has 1 aromatic heterocycles. The van der Waals surface area contributed by atoms with Crippen LogP contribution in [0.3, 0.4) is 0 Å². The molecule has 1 fully saturated rings. The highest BCUT2D eigenvalue weighted by Gasteiger charge is 2.48. The number of aromatic nitrogens is 2. The highest BCUT2D eigenvalue weighted by atomic mass is 19.4. The molecule has 172 valence electrons. The second-order valence-electron chi connectivity index (χ2n) is 8.46. The van der Waals surface area contributed by atoms with Crippen LogP contribution in [0.5, 0.6) is 0 Å². The van der Waals surface area contributed by atoms with Crippen LogP contribution in [0.15, 0.2) is 17.8 Å². The number of esters is 1. The number of likely N-dealkylation sites (tertiary alicyclic amines) is 1. The van der Waals surface area contributed by atoms with E-state index in [9.17, 15) is 18.0 Å². The Morgan fingerprint density at radius 3 is 2.97 bits per heavy atom. The summed E-state index contributed by atoms with van der Waals surface area (Å²) in [4.78, 5) is 14.6. The van der Waals surface area contributed by atoms with E-state index in [1.54, 1.807) is 6.92 Å². The van der Waals surface area contributed by atoms with Gasteiger partial charge in [-0.2, -0.15) is 18.3 Å². The van der Waals surface area contributed by atoms with Crippen molar-refractivity contribution in [1.29, 1.82) is 0 Å². The SMILES string of the molecule is CCOC(=O)c1cnn2c1N[C@@H]([C@H]1CCCN(CC3=CCCOC3)C1)C[C@H]2C(F)(F)F.